The Kier molecular flexibility index (Phi) is 4.36. The number of hydrogen-bond donors (Lipinski definition) is 1. The number of nitro groups is 1. The molecule has 0 aromatic carbocycles. The Morgan fingerprint density at radius 1 is 1.53 bits per heavy atom. The first kappa shape index (κ1) is 14.2. The second-order valence-corrected chi connectivity index (χ2v) is 5.54. The highest BCUT2D eigenvalue weighted by Crippen LogP contribution is 2.33. The summed E-state index contributed by atoms with van der Waals surface area (Å²) in [4.78, 5) is 14.4. The molecule has 0 aliphatic heterocycles. The monoisotopic (exact) mass is 329 g/mol. The zero-order valence-electron chi connectivity index (χ0n) is 10.6. The molecule has 1 fully saturated rings. The quantitative estimate of drug-likeness (QED) is 0.680. The average Bonchev–Trinajstić information content (AvgIpc) is 2.37. The Balaban J connectivity index is 2.21. The molecule has 0 saturated heterocycles. The normalized spacial score (nSPS) is 23.1. The molecule has 1 saturated carbocycles. The molecule has 104 valence electrons. The molecule has 0 radical (unpaired) electrons. The van der Waals surface area contributed by atoms with Crippen molar-refractivity contribution in [2.75, 3.05) is 0 Å². The van der Waals surface area contributed by atoms with Crippen molar-refractivity contribution >= 4 is 21.6 Å². The van der Waals surface area contributed by atoms with Gasteiger partial charge in [-0.15, -0.1) is 0 Å². The van der Waals surface area contributed by atoms with Gasteiger partial charge in [0.15, 0.2) is 0 Å². The van der Waals surface area contributed by atoms with Gasteiger partial charge in [0.05, 0.1) is 9.40 Å². The number of halogens is 1. The lowest BCUT2D eigenvalue weighted by Crippen LogP contribution is -2.41. The van der Waals surface area contributed by atoms with Crippen LogP contribution < -0.4 is 10.5 Å². The van der Waals surface area contributed by atoms with Gasteiger partial charge in [-0.3, -0.25) is 10.1 Å². The van der Waals surface area contributed by atoms with E-state index in [2.05, 4.69) is 20.9 Å². The summed E-state index contributed by atoms with van der Waals surface area (Å²) in [6.45, 7) is 1.66. The molecule has 2 N–H and O–H groups in total. The molecule has 0 amide bonds. The third-order valence-corrected chi connectivity index (χ3v) is 4.35. The zero-order chi connectivity index (χ0) is 14.0. The van der Waals surface area contributed by atoms with Gasteiger partial charge in [-0.05, 0) is 42.1 Å². The first-order valence-electron chi connectivity index (χ1n) is 6.22. The highest BCUT2D eigenvalue weighted by atomic mass is 79.9. The third kappa shape index (κ3) is 3.03. The zero-order valence-corrected chi connectivity index (χ0v) is 12.2. The standard InChI is InChI=1S/C12H16BrN3O3/c1-7-9(16(17)18)6-15-12(11(7)13)19-10-5-3-2-4-8(10)14/h6,8,10H,2-5,14H2,1H3. The van der Waals surface area contributed by atoms with Gasteiger partial charge < -0.3 is 10.5 Å². The minimum atomic E-state index is -0.455. The first-order valence-corrected chi connectivity index (χ1v) is 7.01. The second kappa shape index (κ2) is 5.83. The van der Waals surface area contributed by atoms with E-state index in [4.69, 9.17) is 10.5 Å². The average molecular weight is 330 g/mol. The summed E-state index contributed by atoms with van der Waals surface area (Å²) in [5.41, 5.74) is 6.51. The van der Waals surface area contributed by atoms with E-state index in [1.807, 2.05) is 0 Å². The number of nitrogens with two attached hydrogens (primary N) is 1. The van der Waals surface area contributed by atoms with Crippen molar-refractivity contribution in [1.82, 2.24) is 4.98 Å². The van der Waals surface area contributed by atoms with Gasteiger partial charge in [0.25, 0.3) is 5.69 Å². The lowest BCUT2D eigenvalue weighted by atomic mass is 9.93. The minimum Gasteiger partial charge on any atom is -0.472 e. The molecule has 1 aromatic rings. The third-order valence-electron chi connectivity index (χ3n) is 3.42. The van der Waals surface area contributed by atoms with Crippen LogP contribution in [0.4, 0.5) is 5.69 Å². The van der Waals surface area contributed by atoms with Crippen LogP contribution >= 0.6 is 15.9 Å². The molecule has 2 unspecified atom stereocenters. The summed E-state index contributed by atoms with van der Waals surface area (Å²) in [5, 5.41) is 10.8. The van der Waals surface area contributed by atoms with Crippen LogP contribution in [0.15, 0.2) is 10.7 Å². The number of rotatable bonds is 3. The molecule has 1 heterocycles. The Morgan fingerprint density at radius 3 is 2.84 bits per heavy atom. The Hall–Kier alpha value is -1.21. The van der Waals surface area contributed by atoms with Crippen LogP contribution in [-0.4, -0.2) is 22.1 Å². The largest absolute Gasteiger partial charge is 0.472 e. The predicted molar refractivity (Wildman–Crippen MR) is 74.2 cm³/mol. The van der Waals surface area contributed by atoms with E-state index in [1.54, 1.807) is 6.92 Å². The fourth-order valence-corrected chi connectivity index (χ4v) is 2.63. The molecule has 0 spiro atoms. The number of pyridine rings is 1. The lowest BCUT2D eigenvalue weighted by Gasteiger charge is -2.28. The van der Waals surface area contributed by atoms with Gasteiger partial charge >= 0.3 is 0 Å². The van der Waals surface area contributed by atoms with Crippen molar-refractivity contribution in [3.8, 4) is 5.88 Å². The van der Waals surface area contributed by atoms with Crippen LogP contribution in [0.25, 0.3) is 0 Å². The number of nitrogens with zero attached hydrogens (tertiary/aromatic N) is 2. The fraction of sp³-hybridized carbons (Fsp3) is 0.583. The summed E-state index contributed by atoms with van der Waals surface area (Å²) >= 11 is 3.31. The van der Waals surface area contributed by atoms with E-state index >= 15 is 0 Å². The van der Waals surface area contributed by atoms with Crippen molar-refractivity contribution in [2.45, 2.75) is 44.8 Å². The van der Waals surface area contributed by atoms with Crippen LogP contribution in [0, 0.1) is 17.0 Å². The molecular weight excluding hydrogens is 314 g/mol. The summed E-state index contributed by atoms with van der Waals surface area (Å²) in [6.07, 6.45) is 5.19. The maximum absolute atomic E-state index is 10.8. The molecule has 7 heteroatoms. The molecule has 1 aliphatic carbocycles. The Labute approximate surface area is 119 Å². The van der Waals surface area contributed by atoms with Gasteiger partial charge in [-0.1, -0.05) is 6.42 Å². The van der Waals surface area contributed by atoms with Crippen molar-refractivity contribution in [3.05, 3.63) is 26.3 Å². The summed E-state index contributed by atoms with van der Waals surface area (Å²) < 4.78 is 6.34. The van der Waals surface area contributed by atoms with E-state index in [0.717, 1.165) is 25.7 Å². The Bertz CT molecular complexity index is 495. The van der Waals surface area contributed by atoms with E-state index < -0.39 is 4.92 Å². The van der Waals surface area contributed by atoms with Crippen LogP contribution in [0.5, 0.6) is 5.88 Å². The fourth-order valence-electron chi connectivity index (χ4n) is 2.23. The molecule has 6 nitrogen and oxygen atoms in total. The van der Waals surface area contributed by atoms with Crippen LogP contribution in [0.2, 0.25) is 0 Å². The van der Waals surface area contributed by atoms with E-state index in [0.29, 0.717) is 15.9 Å². The summed E-state index contributed by atoms with van der Waals surface area (Å²) in [7, 11) is 0. The van der Waals surface area contributed by atoms with Crippen LogP contribution in [0.3, 0.4) is 0 Å². The maximum atomic E-state index is 10.8. The SMILES string of the molecule is Cc1c([N+](=O)[O-])cnc(OC2CCCCC2N)c1Br. The lowest BCUT2D eigenvalue weighted by molar-refractivity contribution is -0.385. The minimum absolute atomic E-state index is 0.00190. The van der Waals surface area contributed by atoms with Crippen molar-refractivity contribution in [2.24, 2.45) is 5.73 Å². The molecule has 2 rings (SSSR count). The van der Waals surface area contributed by atoms with E-state index in [9.17, 15) is 10.1 Å². The molecule has 0 bridgehead atoms. The summed E-state index contributed by atoms with van der Waals surface area (Å²) in [5.74, 6) is 0.380. The van der Waals surface area contributed by atoms with E-state index in [1.165, 1.54) is 6.20 Å². The number of ether oxygens (including phenoxy) is 1. The Morgan fingerprint density at radius 2 is 2.21 bits per heavy atom. The van der Waals surface area contributed by atoms with Crippen LogP contribution in [-0.2, 0) is 0 Å². The summed E-state index contributed by atoms with van der Waals surface area (Å²) in [6, 6.07) is -0.00190. The number of hydrogen-bond acceptors (Lipinski definition) is 5. The maximum Gasteiger partial charge on any atom is 0.291 e. The number of aromatic nitrogens is 1. The topological polar surface area (TPSA) is 91.3 Å². The highest BCUT2D eigenvalue weighted by molar-refractivity contribution is 9.10. The molecule has 1 aromatic heterocycles. The van der Waals surface area contributed by atoms with Crippen molar-refractivity contribution in [3.63, 3.8) is 0 Å². The molecule has 19 heavy (non-hydrogen) atoms. The van der Waals surface area contributed by atoms with Gasteiger partial charge in [0, 0.05) is 11.6 Å². The van der Waals surface area contributed by atoms with Gasteiger partial charge in [0.1, 0.15) is 12.3 Å². The smallest absolute Gasteiger partial charge is 0.291 e. The molecule has 2 atom stereocenters. The van der Waals surface area contributed by atoms with Gasteiger partial charge in [-0.25, -0.2) is 4.98 Å². The van der Waals surface area contributed by atoms with Gasteiger partial charge in [-0.2, -0.15) is 0 Å². The highest BCUT2D eigenvalue weighted by Gasteiger charge is 2.26. The predicted octanol–water partition coefficient (Wildman–Crippen LogP) is 2.71. The second-order valence-electron chi connectivity index (χ2n) is 4.75. The van der Waals surface area contributed by atoms with Crippen molar-refractivity contribution < 1.29 is 9.66 Å². The van der Waals surface area contributed by atoms with E-state index in [-0.39, 0.29) is 17.8 Å². The first-order chi connectivity index (χ1) is 9.00. The molecular formula is C12H16BrN3O3. The molecule has 1 aliphatic rings. The van der Waals surface area contributed by atoms with Crippen LogP contribution in [0.1, 0.15) is 31.2 Å². The van der Waals surface area contributed by atoms with Gasteiger partial charge in [0.2, 0.25) is 5.88 Å². The van der Waals surface area contributed by atoms with Crippen molar-refractivity contribution in [1.29, 1.82) is 0 Å².